The van der Waals surface area contributed by atoms with Gasteiger partial charge >= 0.3 is 0 Å². The molecule has 3 nitrogen and oxygen atoms in total. The molecule has 0 aliphatic heterocycles. The van der Waals surface area contributed by atoms with E-state index < -0.39 is 0 Å². The van der Waals surface area contributed by atoms with E-state index in [0.29, 0.717) is 0 Å². The summed E-state index contributed by atoms with van der Waals surface area (Å²) >= 11 is 6.11. The van der Waals surface area contributed by atoms with Crippen molar-refractivity contribution in [3.8, 4) is 0 Å². The van der Waals surface area contributed by atoms with E-state index in [4.69, 9.17) is 11.6 Å². The van der Waals surface area contributed by atoms with Gasteiger partial charge in [0.2, 0.25) is 0 Å². The third-order valence-electron chi connectivity index (χ3n) is 2.86. The Labute approximate surface area is 119 Å². The minimum Gasteiger partial charge on any atom is -0.384 e. The van der Waals surface area contributed by atoms with Crippen molar-refractivity contribution in [2.45, 2.75) is 20.3 Å². The van der Waals surface area contributed by atoms with Crippen molar-refractivity contribution in [1.82, 2.24) is 4.98 Å². The highest BCUT2D eigenvalue weighted by atomic mass is 35.5. The first kappa shape index (κ1) is 13.7. The quantitative estimate of drug-likeness (QED) is 0.837. The molecular formula is C15H18ClN3. The van der Waals surface area contributed by atoms with E-state index in [9.17, 15) is 0 Å². The minimum absolute atomic E-state index is 0.762. The molecule has 0 saturated carbocycles. The average molecular weight is 276 g/mol. The fourth-order valence-corrected chi connectivity index (χ4v) is 1.95. The molecule has 2 N–H and O–H groups in total. The number of rotatable bonds is 5. The normalized spacial score (nSPS) is 10.3. The monoisotopic (exact) mass is 275 g/mol. The molecular weight excluding hydrogens is 258 g/mol. The zero-order valence-electron chi connectivity index (χ0n) is 11.2. The van der Waals surface area contributed by atoms with Gasteiger partial charge in [-0.15, -0.1) is 0 Å². The maximum atomic E-state index is 6.11. The van der Waals surface area contributed by atoms with Gasteiger partial charge in [-0.05, 0) is 37.1 Å². The van der Waals surface area contributed by atoms with Crippen LogP contribution in [0.4, 0.5) is 17.1 Å². The van der Waals surface area contributed by atoms with Crippen molar-refractivity contribution < 1.29 is 0 Å². The van der Waals surface area contributed by atoms with E-state index in [-0.39, 0.29) is 0 Å². The molecule has 0 spiro atoms. The Morgan fingerprint density at radius 1 is 1.21 bits per heavy atom. The van der Waals surface area contributed by atoms with Gasteiger partial charge in [0.25, 0.3) is 0 Å². The van der Waals surface area contributed by atoms with Gasteiger partial charge in [0, 0.05) is 17.3 Å². The SMILES string of the molecule is CCCNc1cncc(Nc2cccc(Cl)c2C)c1. The molecule has 0 saturated heterocycles. The van der Waals surface area contributed by atoms with Gasteiger partial charge in [-0.1, -0.05) is 24.6 Å². The summed E-state index contributed by atoms with van der Waals surface area (Å²) < 4.78 is 0. The molecule has 1 aromatic heterocycles. The van der Waals surface area contributed by atoms with Gasteiger partial charge in [0.05, 0.1) is 23.8 Å². The van der Waals surface area contributed by atoms with Crippen molar-refractivity contribution >= 4 is 28.7 Å². The van der Waals surface area contributed by atoms with Crippen LogP contribution >= 0.6 is 11.6 Å². The lowest BCUT2D eigenvalue weighted by atomic mass is 10.2. The summed E-state index contributed by atoms with van der Waals surface area (Å²) in [5, 5.41) is 7.42. The number of benzene rings is 1. The van der Waals surface area contributed by atoms with Gasteiger partial charge in [-0.2, -0.15) is 0 Å². The highest BCUT2D eigenvalue weighted by Gasteiger charge is 2.03. The summed E-state index contributed by atoms with van der Waals surface area (Å²) in [6.45, 7) is 5.08. The predicted octanol–water partition coefficient (Wildman–Crippen LogP) is 4.61. The average Bonchev–Trinajstić information content (AvgIpc) is 2.42. The van der Waals surface area contributed by atoms with Crippen LogP contribution in [0.25, 0.3) is 0 Å². The van der Waals surface area contributed by atoms with E-state index in [2.05, 4.69) is 22.5 Å². The molecule has 100 valence electrons. The summed E-state index contributed by atoms with van der Waals surface area (Å²) in [5.74, 6) is 0. The minimum atomic E-state index is 0.762. The number of halogens is 1. The van der Waals surface area contributed by atoms with Crippen LogP contribution < -0.4 is 10.6 Å². The molecule has 0 unspecified atom stereocenters. The number of nitrogens with zero attached hydrogens (tertiary/aromatic N) is 1. The molecule has 0 bridgehead atoms. The Balaban J connectivity index is 2.16. The highest BCUT2D eigenvalue weighted by Crippen LogP contribution is 2.26. The van der Waals surface area contributed by atoms with Crippen molar-refractivity contribution in [3.63, 3.8) is 0 Å². The lowest BCUT2D eigenvalue weighted by molar-refractivity contribution is 0.978. The van der Waals surface area contributed by atoms with Crippen molar-refractivity contribution in [2.75, 3.05) is 17.2 Å². The summed E-state index contributed by atoms with van der Waals surface area (Å²) in [4.78, 5) is 4.23. The van der Waals surface area contributed by atoms with Crippen LogP contribution in [-0.4, -0.2) is 11.5 Å². The second-order valence-electron chi connectivity index (χ2n) is 4.43. The molecule has 0 aliphatic carbocycles. The Kier molecular flexibility index (Phi) is 4.63. The summed E-state index contributed by atoms with van der Waals surface area (Å²) in [7, 11) is 0. The number of aromatic nitrogens is 1. The molecule has 19 heavy (non-hydrogen) atoms. The van der Waals surface area contributed by atoms with Crippen LogP contribution in [0.5, 0.6) is 0 Å². The zero-order valence-corrected chi connectivity index (χ0v) is 12.0. The van der Waals surface area contributed by atoms with Gasteiger partial charge in [-0.3, -0.25) is 4.98 Å². The molecule has 1 aromatic carbocycles. The molecule has 2 aromatic rings. The van der Waals surface area contributed by atoms with Crippen LogP contribution in [0.15, 0.2) is 36.7 Å². The first-order valence-electron chi connectivity index (χ1n) is 6.41. The smallest absolute Gasteiger partial charge is 0.0591 e. The van der Waals surface area contributed by atoms with Crippen LogP contribution in [0, 0.1) is 6.92 Å². The van der Waals surface area contributed by atoms with E-state index in [1.807, 2.05) is 37.4 Å². The maximum Gasteiger partial charge on any atom is 0.0591 e. The van der Waals surface area contributed by atoms with Gasteiger partial charge in [0.15, 0.2) is 0 Å². The molecule has 0 aliphatic rings. The number of anilines is 3. The summed E-state index contributed by atoms with van der Waals surface area (Å²) in [6, 6.07) is 7.88. The third-order valence-corrected chi connectivity index (χ3v) is 3.27. The van der Waals surface area contributed by atoms with E-state index >= 15 is 0 Å². The number of pyridine rings is 1. The van der Waals surface area contributed by atoms with Crippen LogP contribution in [0.2, 0.25) is 5.02 Å². The first-order chi connectivity index (χ1) is 9.20. The van der Waals surface area contributed by atoms with E-state index in [1.165, 1.54) is 0 Å². The highest BCUT2D eigenvalue weighted by molar-refractivity contribution is 6.31. The third kappa shape index (κ3) is 3.61. The summed E-state index contributed by atoms with van der Waals surface area (Å²) in [6.07, 6.45) is 4.72. The van der Waals surface area contributed by atoms with Gasteiger partial charge < -0.3 is 10.6 Å². The topological polar surface area (TPSA) is 37.0 Å². The Morgan fingerprint density at radius 3 is 2.79 bits per heavy atom. The van der Waals surface area contributed by atoms with Gasteiger partial charge in [0.1, 0.15) is 0 Å². The molecule has 0 atom stereocenters. The summed E-state index contributed by atoms with van der Waals surface area (Å²) in [5.41, 5.74) is 4.01. The van der Waals surface area contributed by atoms with E-state index in [1.54, 1.807) is 6.20 Å². The lowest BCUT2D eigenvalue weighted by Crippen LogP contribution is -2.01. The Hall–Kier alpha value is -1.74. The fourth-order valence-electron chi connectivity index (χ4n) is 1.77. The Bertz CT molecular complexity index is 555. The number of nitrogens with one attached hydrogen (secondary N) is 2. The zero-order chi connectivity index (χ0) is 13.7. The van der Waals surface area contributed by atoms with Crippen molar-refractivity contribution in [2.24, 2.45) is 0 Å². The second kappa shape index (κ2) is 6.43. The first-order valence-corrected chi connectivity index (χ1v) is 6.79. The maximum absolute atomic E-state index is 6.11. The molecule has 0 amide bonds. The van der Waals surface area contributed by atoms with Crippen molar-refractivity contribution in [1.29, 1.82) is 0 Å². The second-order valence-corrected chi connectivity index (χ2v) is 4.83. The fraction of sp³-hybridized carbons (Fsp3) is 0.267. The predicted molar refractivity (Wildman–Crippen MR) is 82.5 cm³/mol. The largest absolute Gasteiger partial charge is 0.384 e. The lowest BCUT2D eigenvalue weighted by Gasteiger charge is -2.12. The standard InChI is InChI=1S/C15H18ClN3/c1-3-7-18-12-8-13(10-17-9-12)19-15-6-4-5-14(16)11(15)2/h4-6,8-10,18-19H,3,7H2,1-2H3. The molecule has 2 rings (SSSR count). The van der Waals surface area contributed by atoms with Crippen LogP contribution in [-0.2, 0) is 0 Å². The molecule has 1 heterocycles. The van der Waals surface area contributed by atoms with Crippen LogP contribution in [0.1, 0.15) is 18.9 Å². The van der Waals surface area contributed by atoms with Crippen LogP contribution in [0.3, 0.4) is 0 Å². The molecule has 0 radical (unpaired) electrons. The molecule has 0 fully saturated rings. The van der Waals surface area contributed by atoms with E-state index in [0.717, 1.165) is 40.6 Å². The van der Waals surface area contributed by atoms with Gasteiger partial charge in [-0.25, -0.2) is 0 Å². The van der Waals surface area contributed by atoms with Crippen molar-refractivity contribution in [3.05, 3.63) is 47.2 Å². The Morgan fingerprint density at radius 2 is 2.00 bits per heavy atom. The number of hydrogen-bond donors (Lipinski definition) is 2. The molecule has 4 heteroatoms. The number of hydrogen-bond acceptors (Lipinski definition) is 3.